The highest BCUT2D eigenvalue weighted by atomic mass is 16.5. The molecular formula is C13H24N2O3. The van der Waals surface area contributed by atoms with Crippen molar-refractivity contribution in [2.45, 2.75) is 50.4 Å². The van der Waals surface area contributed by atoms with Crippen molar-refractivity contribution in [1.29, 1.82) is 0 Å². The number of fused-ring (bicyclic) bond motifs is 2. The molecule has 3 atom stereocenters. The van der Waals surface area contributed by atoms with E-state index in [1.807, 2.05) is 0 Å². The van der Waals surface area contributed by atoms with Crippen LogP contribution in [-0.4, -0.2) is 55.4 Å². The summed E-state index contributed by atoms with van der Waals surface area (Å²) in [6.45, 7) is 4.77. The smallest absolute Gasteiger partial charge is 0.325 e. The van der Waals surface area contributed by atoms with Gasteiger partial charge in [-0.1, -0.05) is 0 Å². The lowest BCUT2D eigenvalue weighted by atomic mass is 9.97. The number of rotatable bonds is 5. The highest BCUT2D eigenvalue weighted by Gasteiger charge is 2.34. The first-order valence-corrected chi connectivity index (χ1v) is 6.76. The predicted octanol–water partition coefficient (Wildman–Crippen LogP) is 0.520. The molecule has 0 saturated carbocycles. The minimum atomic E-state index is -0.861. The maximum atomic E-state index is 11.4. The first-order chi connectivity index (χ1) is 8.51. The Morgan fingerprint density at radius 2 is 2.06 bits per heavy atom. The number of esters is 1. The summed E-state index contributed by atoms with van der Waals surface area (Å²) >= 11 is 0. The fourth-order valence-electron chi connectivity index (χ4n) is 2.89. The van der Waals surface area contributed by atoms with Crippen molar-refractivity contribution < 1.29 is 14.3 Å². The van der Waals surface area contributed by atoms with E-state index in [4.69, 9.17) is 15.2 Å². The van der Waals surface area contributed by atoms with Gasteiger partial charge in [0.15, 0.2) is 0 Å². The summed E-state index contributed by atoms with van der Waals surface area (Å²) in [5, 5.41) is 0. The van der Waals surface area contributed by atoms with Crippen LogP contribution in [0.5, 0.6) is 0 Å². The van der Waals surface area contributed by atoms with Crippen molar-refractivity contribution in [2.75, 3.05) is 26.7 Å². The lowest BCUT2D eigenvalue weighted by Crippen LogP contribution is -2.47. The summed E-state index contributed by atoms with van der Waals surface area (Å²) in [7, 11) is 1.38. The number of morpholine rings is 1. The number of carbonyl (C=O) groups excluding carboxylic acids is 1. The van der Waals surface area contributed by atoms with Crippen molar-refractivity contribution in [1.82, 2.24) is 4.90 Å². The Balaban J connectivity index is 1.71. The van der Waals surface area contributed by atoms with Gasteiger partial charge in [-0.15, -0.1) is 0 Å². The molecule has 0 aromatic rings. The van der Waals surface area contributed by atoms with Gasteiger partial charge in [-0.05, 0) is 39.2 Å². The largest absolute Gasteiger partial charge is 0.468 e. The van der Waals surface area contributed by atoms with Gasteiger partial charge in [0, 0.05) is 13.1 Å². The molecule has 2 aliphatic heterocycles. The normalized spacial score (nSPS) is 31.1. The molecular weight excluding hydrogens is 232 g/mol. The highest BCUT2D eigenvalue weighted by Crippen LogP contribution is 2.26. The van der Waals surface area contributed by atoms with Crippen LogP contribution in [-0.2, 0) is 14.3 Å². The maximum absolute atomic E-state index is 11.4. The number of carbonyl (C=O) groups is 1. The molecule has 2 fully saturated rings. The topological polar surface area (TPSA) is 64.8 Å². The average molecular weight is 256 g/mol. The molecule has 2 bridgehead atoms. The third kappa shape index (κ3) is 3.22. The van der Waals surface area contributed by atoms with Crippen LogP contribution in [0.25, 0.3) is 0 Å². The number of ether oxygens (including phenoxy) is 2. The van der Waals surface area contributed by atoms with Crippen molar-refractivity contribution >= 4 is 5.97 Å². The van der Waals surface area contributed by atoms with Gasteiger partial charge in [0.1, 0.15) is 5.54 Å². The number of hydrogen-bond donors (Lipinski definition) is 1. The summed E-state index contributed by atoms with van der Waals surface area (Å²) in [6, 6.07) is 0. The molecule has 0 radical (unpaired) electrons. The molecule has 0 aliphatic carbocycles. The van der Waals surface area contributed by atoms with E-state index in [-0.39, 0.29) is 5.97 Å². The summed E-state index contributed by atoms with van der Waals surface area (Å²) in [6.07, 6.45) is 4.81. The van der Waals surface area contributed by atoms with Crippen LogP contribution in [0.3, 0.4) is 0 Å². The standard InChI is InChI=1S/C13H24N2O3/c1-13(14,12(16)17-2)6-3-7-15-8-10-4-5-11(9-15)18-10/h10-11H,3-9,14H2,1-2H3. The van der Waals surface area contributed by atoms with E-state index in [0.29, 0.717) is 18.6 Å². The zero-order valence-corrected chi connectivity index (χ0v) is 11.4. The molecule has 2 N–H and O–H groups in total. The van der Waals surface area contributed by atoms with Crippen LogP contribution in [0.4, 0.5) is 0 Å². The second-order valence-corrected chi connectivity index (χ2v) is 5.73. The fourth-order valence-corrected chi connectivity index (χ4v) is 2.89. The van der Waals surface area contributed by atoms with E-state index < -0.39 is 5.54 Å². The van der Waals surface area contributed by atoms with Crippen LogP contribution in [0.1, 0.15) is 32.6 Å². The fraction of sp³-hybridized carbons (Fsp3) is 0.923. The third-order valence-electron chi connectivity index (χ3n) is 3.94. The van der Waals surface area contributed by atoms with E-state index in [0.717, 1.165) is 26.1 Å². The number of hydrogen-bond acceptors (Lipinski definition) is 5. The monoisotopic (exact) mass is 256 g/mol. The Morgan fingerprint density at radius 1 is 1.44 bits per heavy atom. The molecule has 2 aliphatic rings. The van der Waals surface area contributed by atoms with Gasteiger partial charge < -0.3 is 15.2 Å². The van der Waals surface area contributed by atoms with Gasteiger partial charge in [-0.3, -0.25) is 9.69 Å². The Morgan fingerprint density at radius 3 is 2.61 bits per heavy atom. The second-order valence-electron chi connectivity index (χ2n) is 5.73. The number of nitrogens with zero attached hydrogens (tertiary/aromatic N) is 1. The zero-order valence-electron chi connectivity index (χ0n) is 11.4. The molecule has 2 rings (SSSR count). The summed E-state index contributed by atoms with van der Waals surface area (Å²) in [5.41, 5.74) is 5.07. The predicted molar refractivity (Wildman–Crippen MR) is 68.2 cm³/mol. The van der Waals surface area contributed by atoms with Crippen molar-refractivity contribution in [3.05, 3.63) is 0 Å². The molecule has 2 saturated heterocycles. The minimum absolute atomic E-state index is 0.329. The molecule has 3 unspecified atom stereocenters. The van der Waals surface area contributed by atoms with Crippen molar-refractivity contribution in [3.63, 3.8) is 0 Å². The summed E-state index contributed by atoms with van der Waals surface area (Å²) in [4.78, 5) is 13.9. The lowest BCUT2D eigenvalue weighted by molar-refractivity contribution is -0.146. The van der Waals surface area contributed by atoms with E-state index in [1.165, 1.54) is 20.0 Å². The summed E-state index contributed by atoms with van der Waals surface area (Å²) < 4.78 is 10.5. The Kier molecular flexibility index (Phi) is 4.25. The second kappa shape index (κ2) is 5.55. The van der Waals surface area contributed by atoms with Crippen molar-refractivity contribution in [3.8, 4) is 0 Å². The number of methoxy groups -OCH3 is 1. The third-order valence-corrected chi connectivity index (χ3v) is 3.94. The van der Waals surface area contributed by atoms with Crippen LogP contribution in [0, 0.1) is 0 Å². The zero-order chi connectivity index (χ0) is 13.2. The first-order valence-electron chi connectivity index (χ1n) is 6.76. The average Bonchev–Trinajstić information content (AvgIpc) is 2.67. The molecule has 5 nitrogen and oxygen atoms in total. The van der Waals surface area contributed by atoms with Gasteiger partial charge in [-0.2, -0.15) is 0 Å². The Bertz CT molecular complexity index is 295. The van der Waals surface area contributed by atoms with Gasteiger partial charge in [-0.25, -0.2) is 0 Å². The highest BCUT2D eigenvalue weighted by molar-refractivity contribution is 5.79. The molecule has 0 amide bonds. The van der Waals surface area contributed by atoms with Crippen LogP contribution >= 0.6 is 0 Å². The van der Waals surface area contributed by atoms with Crippen molar-refractivity contribution in [2.24, 2.45) is 5.73 Å². The lowest BCUT2D eigenvalue weighted by Gasteiger charge is -2.32. The molecule has 18 heavy (non-hydrogen) atoms. The van der Waals surface area contributed by atoms with Gasteiger partial charge in [0.05, 0.1) is 19.3 Å². The molecule has 0 aromatic carbocycles. The van der Waals surface area contributed by atoms with Gasteiger partial charge in [0.25, 0.3) is 0 Å². The first kappa shape index (κ1) is 13.8. The van der Waals surface area contributed by atoms with Crippen LogP contribution in [0.2, 0.25) is 0 Å². The Labute approximate surface area is 109 Å². The molecule has 0 aromatic heterocycles. The molecule has 2 heterocycles. The number of nitrogens with two attached hydrogens (primary N) is 1. The quantitative estimate of drug-likeness (QED) is 0.727. The molecule has 104 valence electrons. The van der Waals surface area contributed by atoms with E-state index in [1.54, 1.807) is 6.92 Å². The minimum Gasteiger partial charge on any atom is -0.468 e. The van der Waals surface area contributed by atoms with E-state index in [9.17, 15) is 4.79 Å². The number of likely N-dealkylation sites (tertiary alicyclic amines) is 1. The molecule has 5 heteroatoms. The SMILES string of the molecule is COC(=O)C(C)(N)CCCN1CC2CCC(C1)O2. The van der Waals surface area contributed by atoms with E-state index in [2.05, 4.69) is 4.90 Å². The van der Waals surface area contributed by atoms with Gasteiger partial charge >= 0.3 is 5.97 Å². The van der Waals surface area contributed by atoms with Crippen LogP contribution in [0.15, 0.2) is 0 Å². The Hall–Kier alpha value is -0.650. The van der Waals surface area contributed by atoms with E-state index >= 15 is 0 Å². The maximum Gasteiger partial charge on any atom is 0.325 e. The van der Waals surface area contributed by atoms with Gasteiger partial charge in [0.2, 0.25) is 0 Å². The summed E-state index contributed by atoms with van der Waals surface area (Å²) in [5.74, 6) is -0.329. The van der Waals surface area contributed by atoms with Crippen LogP contribution < -0.4 is 5.73 Å². The molecule has 0 spiro atoms.